The number of hydrogen-bond donors (Lipinski definition) is 0. The summed E-state index contributed by atoms with van der Waals surface area (Å²) in [5.41, 5.74) is 3.79. The third-order valence-corrected chi connectivity index (χ3v) is 6.34. The summed E-state index contributed by atoms with van der Waals surface area (Å²) in [6.07, 6.45) is 1.90. The average Bonchev–Trinajstić information content (AvgIpc) is 3.22. The van der Waals surface area contributed by atoms with Crippen molar-refractivity contribution in [3.8, 4) is 11.4 Å². The lowest BCUT2D eigenvalue weighted by Crippen LogP contribution is -2.00. The van der Waals surface area contributed by atoms with Crippen molar-refractivity contribution in [3.05, 3.63) is 64.4 Å². The highest BCUT2D eigenvalue weighted by atomic mass is 32.2. The van der Waals surface area contributed by atoms with Crippen molar-refractivity contribution in [3.63, 3.8) is 0 Å². The van der Waals surface area contributed by atoms with Crippen molar-refractivity contribution < 1.29 is 0 Å². The Morgan fingerprint density at radius 2 is 2.08 bits per heavy atom. The summed E-state index contributed by atoms with van der Waals surface area (Å²) in [7, 11) is 0. The molecule has 3 rings (SSSR count). The number of rotatable bonds is 7. The molecule has 0 atom stereocenters. The van der Waals surface area contributed by atoms with Gasteiger partial charge in [-0.15, -0.1) is 28.1 Å². The minimum atomic E-state index is 0.532. The molecule has 3 nitrogen and oxygen atoms in total. The summed E-state index contributed by atoms with van der Waals surface area (Å²) in [6, 6.07) is 10.7. The van der Waals surface area contributed by atoms with Gasteiger partial charge in [0.05, 0.1) is 0 Å². The Balaban J connectivity index is 1.86. The second-order valence-corrected chi connectivity index (χ2v) is 8.20. The Bertz CT molecular complexity index is 861. The zero-order chi connectivity index (χ0) is 17.8. The second kappa shape index (κ2) is 8.02. The number of aryl methyl sites for hydroxylation is 1. The minimum Gasteiger partial charge on any atom is -0.298 e. The van der Waals surface area contributed by atoms with E-state index in [0.717, 1.165) is 22.3 Å². The van der Waals surface area contributed by atoms with E-state index in [0.29, 0.717) is 12.5 Å². The monoisotopic (exact) mass is 369 g/mol. The summed E-state index contributed by atoms with van der Waals surface area (Å²) in [4.78, 5) is 1.37. The summed E-state index contributed by atoms with van der Waals surface area (Å²) in [6.45, 7) is 11.2. The van der Waals surface area contributed by atoms with E-state index < -0.39 is 0 Å². The molecule has 0 aliphatic rings. The van der Waals surface area contributed by atoms with E-state index in [1.807, 2.05) is 6.08 Å². The van der Waals surface area contributed by atoms with E-state index in [9.17, 15) is 0 Å². The van der Waals surface area contributed by atoms with Gasteiger partial charge in [0.15, 0.2) is 11.0 Å². The van der Waals surface area contributed by atoms with E-state index in [1.54, 1.807) is 23.1 Å². The number of thioether (sulfide) groups is 1. The molecule has 25 heavy (non-hydrogen) atoms. The topological polar surface area (TPSA) is 30.7 Å². The van der Waals surface area contributed by atoms with E-state index in [4.69, 9.17) is 0 Å². The summed E-state index contributed by atoms with van der Waals surface area (Å²) in [5, 5.41) is 12.0. The maximum absolute atomic E-state index is 4.46. The molecule has 0 radical (unpaired) electrons. The number of thiophene rings is 1. The second-order valence-electron chi connectivity index (χ2n) is 6.31. The molecule has 0 unspecified atom stereocenters. The van der Waals surface area contributed by atoms with Gasteiger partial charge < -0.3 is 0 Å². The standard InChI is InChI=1S/C20H23N3S2/c1-5-10-23-19(17-11-18(14(2)3)24-13-17)21-22-20(23)25-12-16-9-7-6-8-15(16)4/h5-9,11,13-14H,1,10,12H2,2-4H3. The highest BCUT2D eigenvalue weighted by Crippen LogP contribution is 2.32. The molecule has 0 spiro atoms. The lowest BCUT2D eigenvalue weighted by atomic mass is 10.1. The molecule has 3 aromatic rings. The number of aromatic nitrogens is 3. The van der Waals surface area contributed by atoms with E-state index in [2.05, 4.69) is 77.8 Å². The van der Waals surface area contributed by atoms with Crippen LogP contribution in [0, 0.1) is 6.92 Å². The smallest absolute Gasteiger partial charge is 0.192 e. The fourth-order valence-electron chi connectivity index (χ4n) is 2.59. The third-order valence-electron chi connectivity index (χ3n) is 4.09. The molecule has 0 N–H and O–H groups in total. The van der Waals surface area contributed by atoms with Crippen molar-refractivity contribution in [1.82, 2.24) is 14.8 Å². The molecule has 2 heterocycles. The molecule has 0 aliphatic carbocycles. The lowest BCUT2D eigenvalue weighted by molar-refractivity contribution is 0.731. The van der Waals surface area contributed by atoms with Gasteiger partial charge in [-0.1, -0.05) is 56.0 Å². The molecule has 0 amide bonds. The predicted octanol–water partition coefficient (Wildman–Crippen LogP) is 5.92. The average molecular weight is 370 g/mol. The summed E-state index contributed by atoms with van der Waals surface area (Å²) in [5.74, 6) is 2.35. The first-order valence-corrected chi connectivity index (χ1v) is 10.3. The zero-order valence-electron chi connectivity index (χ0n) is 14.9. The van der Waals surface area contributed by atoms with Gasteiger partial charge in [0.25, 0.3) is 0 Å². The van der Waals surface area contributed by atoms with Crippen LogP contribution in [0.5, 0.6) is 0 Å². The Labute approximate surface area is 157 Å². The van der Waals surface area contributed by atoms with E-state index >= 15 is 0 Å². The molecule has 0 aliphatic heterocycles. The van der Waals surface area contributed by atoms with Gasteiger partial charge in [0, 0.05) is 28.1 Å². The minimum absolute atomic E-state index is 0.532. The van der Waals surface area contributed by atoms with Gasteiger partial charge in [0.2, 0.25) is 0 Å². The van der Waals surface area contributed by atoms with Gasteiger partial charge in [-0.05, 0) is 30.0 Å². The number of allylic oxidation sites excluding steroid dienone is 1. The van der Waals surface area contributed by atoms with Crippen LogP contribution >= 0.6 is 23.1 Å². The van der Waals surface area contributed by atoms with Crippen LogP contribution in [0.15, 0.2) is 53.5 Å². The maximum atomic E-state index is 4.46. The molecule has 0 bridgehead atoms. The normalized spacial score (nSPS) is 11.2. The number of nitrogens with zero attached hydrogens (tertiary/aromatic N) is 3. The zero-order valence-corrected chi connectivity index (χ0v) is 16.5. The largest absolute Gasteiger partial charge is 0.298 e. The highest BCUT2D eigenvalue weighted by molar-refractivity contribution is 7.98. The fraction of sp³-hybridized carbons (Fsp3) is 0.300. The fourth-order valence-corrected chi connectivity index (χ4v) is 4.52. The Morgan fingerprint density at radius 3 is 2.76 bits per heavy atom. The van der Waals surface area contributed by atoms with Gasteiger partial charge in [-0.25, -0.2) is 0 Å². The van der Waals surface area contributed by atoms with Crippen LogP contribution in [0.3, 0.4) is 0 Å². The van der Waals surface area contributed by atoms with Crippen LogP contribution in [0.1, 0.15) is 35.8 Å². The first-order chi connectivity index (χ1) is 12.1. The van der Waals surface area contributed by atoms with Gasteiger partial charge >= 0.3 is 0 Å². The highest BCUT2D eigenvalue weighted by Gasteiger charge is 2.16. The summed E-state index contributed by atoms with van der Waals surface area (Å²) >= 11 is 3.51. The van der Waals surface area contributed by atoms with Crippen molar-refractivity contribution in [2.45, 2.75) is 44.1 Å². The van der Waals surface area contributed by atoms with E-state index in [1.165, 1.54) is 16.0 Å². The van der Waals surface area contributed by atoms with Crippen LogP contribution in [0.4, 0.5) is 0 Å². The van der Waals surface area contributed by atoms with Crippen molar-refractivity contribution in [2.75, 3.05) is 0 Å². The van der Waals surface area contributed by atoms with Crippen LogP contribution in [-0.2, 0) is 12.3 Å². The number of benzene rings is 1. The molecule has 0 saturated carbocycles. The van der Waals surface area contributed by atoms with Crippen molar-refractivity contribution in [1.29, 1.82) is 0 Å². The lowest BCUT2D eigenvalue weighted by Gasteiger charge is -2.08. The Kier molecular flexibility index (Phi) is 5.76. The van der Waals surface area contributed by atoms with Crippen molar-refractivity contribution >= 4 is 23.1 Å². The van der Waals surface area contributed by atoms with Crippen molar-refractivity contribution in [2.24, 2.45) is 0 Å². The van der Waals surface area contributed by atoms with Gasteiger partial charge in [0.1, 0.15) is 0 Å². The molecule has 5 heteroatoms. The van der Waals surface area contributed by atoms with Crippen LogP contribution < -0.4 is 0 Å². The van der Waals surface area contributed by atoms with Gasteiger partial charge in [-0.3, -0.25) is 4.57 Å². The van der Waals surface area contributed by atoms with Crippen LogP contribution in [0.2, 0.25) is 0 Å². The molecular weight excluding hydrogens is 346 g/mol. The van der Waals surface area contributed by atoms with Gasteiger partial charge in [-0.2, -0.15) is 0 Å². The quantitative estimate of drug-likeness (QED) is 0.383. The SMILES string of the molecule is C=CCn1c(SCc2ccccc2C)nnc1-c1csc(C(C)C)c1. The molecule has 1 aromatic carbocycles. The first kappa shape index (κ1) is 18.0. The molecule has 130 valence electrons. The first-order valence-electron chi connectivity index (χ1n) is 8.40. The Hall–Kier alpha value is -1.85. The molecule has 0 saturated heterocycles. The maximum Gasteiger partial charge on any atom is 0.192 e. The van der Waals surface area contributed by atoms with Crippen LogP contribution in [0.25, 0.3) is 11.4 Å². The number of hydrogen-bond acceptors (Lipinski definition) is 4. The molecule has 0 fully saturated rings. The predicted molar refractivity (Wildman–Crippen MR) is 108 cm³/mol. The van der Waals surface area contributed by atoms with Crippen LogP contribution in [-0.4, -0.2) is 14.8 Å². The molecular formula is C20H23N3S2. The summed E-state index contributed by atoms with van der Waals surface area (Å²) < 4.78 is 2.15. The Morgan fingerprint density at radius 1 is 1.28 bits per heavy atom. The van der Waals surface area contributed by atoms with E-state index in [-0.39, 0.29) is 0 Å². The molecule has 2 aromatic heterocycles. The third kappa shape index (κ3) is 4.05.